The third-order valence-corrected chi connectivity index (χ3v) is 3.82. The molecule has 3 unspecified atom stereocenters. The molecular weight excluding hydrogens is 212 g/mol. The van der Waals surface area contributed by atoms with E-state index < -0.39 is 0 Å². The molecule has 0 aromatic carbocycles. The molecule has 0 spiro atoms. The molecule has 4 nitrogen and oxygen atoms in total. The summed E-state index contributed by atoms with van der Waals surface area (Å²) in [5, 5.41) is 0. The number of hydrogen-bond acceptors (Lipinski definition) is 4. The summed E-state index contributed by atoms with van der Waals surface area (Å²) in [5.74, 6) is 2.36. The van der Waals surface area contributed by atoms with E-state index in [1.807, 2.05) is 0 Å². The Bertz CT molecular complexity index is 379. The number of nitrogens with two attached hydrogens (primary N) is 1. The predicted molar refractivity (Wildman–Crippen MR) is 69.7 cm³/mol. The third kappa shape index (κ3) is 2.41. The van der Waals surface area contributed by atoms with Gasteiger partial charge in [-0.2, -0.15) is 0 Å². The first kappa shape index (κ1) is 12.3. The average molecular weight is 234 g/mol. The molecule has 2 N–H and O–H groups in total. The number of hydrogen-bond donors (Lipinski definition) is 1. The topological polar surface area (TPSA) is 55.0 Å². The number of nitrogens with zero attached hydrogens (tertiary/aromatic N) is 3. The Labute approximate surface area is 103 Å². The molecule has 94 valence electrons. The molecule has 0 amide bonds. The van der Waals surface area contributed by atoms with E-state index in [2.05, 4.69) is 35.6 Å². The van der Waals surface area contributed by atoms with Crippen LogP contribution in [0.2, 0.25) is 0 Å². The van der Waals surface area contributed by atoms with Gasteiger partial charge < -0.3 is 10.6 Å². The highest BCUT2D eigenvalue weighted by atomic mass is 15.2. The van der Waals surface area contributed by atoms with Gasteiger partial charge in [-0.05, 0) is 25.2 Å². The molecule has 1 fully saturated rings. The van der Waals surface area contributed by atoms with Crippen LogP contribution >= 0.6 is 0 Å². The summed E-state index contributed by atoms with van der Waals surface area (Å²) in [4.78, 5) is 11.2. The molecule has 1 saturated heterocycles. The van der Waals surface area contributed by atoms with Crippen LogP contribution in [0.15, 0.2) is 12.4 Å². The smallest absolute Gasteiger partial charge is 0.151 e. The Morgan fingerprint density at radius 2 is 2.00 bits per heavy atom. The van der Waals surface area contributed by atoms with Crippen molar-refractivity contribution in [2.75, 3.05) is 11.4 Å². The lowest BCUT2D eigenvalue weighted by molar-refractivity contribution is 0.295. The SMILES string of the molecule is CC1CC(C)C(C)N(c2nccnc2CN)C1. The molecule has 1 aromatic heterocycles. The van der Waals surface area contributed by atoms with Crippen molar-refractivity contribution >= 4 is 5.82 Å². The van der Waals surface area contributed by atoms with Crippen LogP contribution in [0.25, 0.3) is 0 Å². The van der Waals surface area contributed by atoms with Crippen LogP contribution in [-0.4, -0.2) is 22.6 Å². The van der Waals surface area contributed by atoms with Crippen molar-refractivity contribution in [2.24, 2.45) is 17.6 Å². The molecule has 1 aliphatic heterocycles. The van der Waals surface area contributed by atoms with Gasteiger partial charge in [0.25, 0.3) is 0 Å². The summed E-state index contributed by atoms with van der Waals surface area (Å²) in [6.45, 7) is 8.39. The molecule has 1 aliphatic rings. The van der Waals surface area contributed by atoms with E-state index in [4.69, 9.17) is 5.73 Å². The van der Waals surface area contributed by atoms with Crippen LogP contribution in [0.3, 0.4) is 0 Å². The molecule has 0 aliphatic carbocycles. The maximum absolute atomic E-state index is 5.74. The first-order valence-corrected chi connectivity index (χ1v) is 6.40. The zero-order chi connectivity index (χ0) is 12.4. The van der Waals surface area contributed by atoms with Crippen molar-refractivity contribution < 1.29 is 0 Å². The highest BCUT2D eigenvalue weighted by Crippen LogP contribution is 2.31. The number of anilines is 1. The summed E-state index contributed by atoms with van der Waals surface area (Å²) < 4.78 is 0. The second-order valence-corrected chi connectivity index (χ2v) is 5.24. The lowest BCUT2D eigenvalue weighted by Crippen LogP contribution is -2.46. The van der Waals surface area contributed by atoms with Gasteiger partial charge >= 0.3 is 0 Å². The number of piperidine rings is 1. The predicted octanol–water partition coefficient (Wildman–Crippen LogP) is 1.81. The Balaban J connectivity index is 2.31. The van der Waals surface area contributed by atoms with Crippen LogP contribution in [0.1, 0.15) is 32.9 Å². The minimum atomic E-state index is 0.454. The van der Waals surface area contributed by atoms with Gasteiger partial charge in [0.15, 0.2) is 5.82 Å². The molecule has 0 saturated carbocycles. The Morgan fingerprint density at radius 1 is 1.29 bits per heavy atom. The van der Waals surface area contributed by atoms with Crippen LogP contribution in [0, 0.1) is 11.8 Å². The van der Waals surface area contributed by atoms with Crippen molar-refractivity contribution in [2.45, 2.75) is 39.8 Å². The third-order valence-electron chi connectivity index (χ3n) is 3.82. The van der Waals surface area contributed by atoms with Gasteiger partial charge in [-0.1, -0.05) is 13.8 Å². The van der Waals surface area contributed by atoms with E-state index in [0.29, 0.717) is 24.4 Å². The highest BCUT2D eigenvalue weighted by molar-refractivity contribution is 5.44. The number of aromatic nitrogens is 2. The van der Waals surface area contributed by atoms with E-state index >= 15 is 0 Å². The zero-order valence-corrected chi connectivity index (χ0v) is 10.9. The van der Waals surface area contributed by atoms with Gasteiger partial charge in [0.1, 0.15) is 0 Å². The lowest BCUT2D eigenvalue weighted by atomic mass is 9.86. The maximum Gasteiger partial charge on any atom is 0.151 e. The maximum atomic E-state index is 5.74. The fourth-order valence-corrected chi connectivity index (χ4v) is 2.74. The van der Waals surface area contributed by atoms with Crippen molar-refractivity contribution in [3.8, 4) is 0 Å². The summed E-state index contributed by atoms with van der Waals surface area (Å²) in [6, 6.07) is 0.508. The molecule has 2 heterocycles. The van der Waals surface area contributed by atoms with Crippen LogP contribution < -0.4 is 10.6 Å². The molecule has 2 rings (SSSR count). The first-order chi connectivity index (χ1) is 8.13. The van der Waals surface area contributed by atoms with Gasteiger partial charge in [0.2, 0.25) is 0 Å². The molecule has 3 atom stereocenters. The molecule has 0 bridgehead atoms. The summed E-state index contributed by atoms with van der Waals surface area (Å²) in [6.07, 6.45) is 4.76. The van der Waals surface area contributed by atoms with Crippen LogP contribution in [-0.2, 0) is 6.54 Å². The fourth-order valence-electron chi connectivity index (χ4n) is 2.74. The molecule has 1 aromatic rings. The van der Waals surface area contributed by atoms with Gasteiger partial charge in [-0.15, -0.1) is 0 Å². The Hall–Kier alpha value is -1.16. The average Bonchev–Trinajstić information content (AvgIpc) is 2.33. The van der Waals surface area contributed by atoms with Crippen molar-refractivity contribution in [3.05, 3.63) is 18.1 Å². The fraction of sp³-hybridized carbons (Fsp3) is 0.692. The second kappa shape index (κ2) is 5.00. The summed E-state index contributed by atoms with van der Waals surface area (Å²) in [7, 11) is 0. The van der Waals surface area contributed by atoms with E-state index in [9.17, 15) is 0 Å². The Morgan fingerprint density at radius 3 is 2.71 bits per heavy atom. The quantitative estimate of drug-likeness (QED) is 0.848. The van der Waals surface area contributed by atoms with E-state index in [1.54, 1.807) is 12.4 Å². The van der Waals surface area contributed by atoms with Crippen LogP contribution in [0.5, 0.6) is 0 Å². The molecular formula is C13H22N4. The van der Waals surface area contributed by atoms with Gasteiger partial charge in [0, 0.05) is 31.5 Å². The van der Waals surface area contributed by atoms with Crippen molar-refractivity contribution in [1.29, 1.82) is 0 Å². The molecule has 0 radical (unpaired) electrons. The van der Waals surface area contributed by atoms with Gasteiger partial charge in [-0.25, -0.2) is 4.98 Å². The standard InChI is InChI=1S/C13H22N4/c1-9-6-10(2)11(3)17(8-9)13-12(7-14)15-4-5-16-13/h4-5,9-11H,6-8,14H2,1-3H3. The van der Waals surface area contributed by atoms with E-state index in [1.165, 1.54) is 6.42 Å². The largest absolute Gasteiger partial charge is 0.352 e. The summed E-state index contributed by atoms with van der Waals surface area (Å²) in [5.41, 5.74) is 6.65. The zero-order valence-electron chi connectivity index (χ0n) is 10.9. The van der Waals surface area contributed by atoms with Gasteiger partial charge in [0.05, 0.1) is 5.69 Å². The number of rotatable bonds is 2. The van der Waals surface area contributed by atoms with E-state index in [0.717, 1.165) is 18.1 Å². The van der Waals surface area contributed by atoms with Gasteiger partial charge in [-0.3, -0.25) is 4.98 Å². The van der Waals surface area contributed by atoms with Crippen LogP contribution in [0.4, 0.5) is 5.82 Å². The lowest BCUT2D eigenvalue weighted by Gasteiger charge is -2.42. The second-order valence-electron chi connectivity index (χ2n) is 5.24. The Kier molecular flexibility index (Phi) is 3.62. The normalized spacial score (nSPS) is 29.4. The minimum Gasteiger partial charge on any atom is -0.352 e. The first-order valence-electron chi connectivity index (χ1n) is 6.40. The monoisotopic (exact) mass is 234 g/mol. The van der Waals surface area contributed by atoms with Crippen molar-refractivity contribution in [1.82, 2.24) is 9.97 Å². The highest BCUT2D eigenvalue weighted by Gasteiger charge is 2.30. The molecule has 4 heteroatoms. The summed E-state index contributed by atoms with van der Waals surface area (Å²) >= 11 is 0. The van der Waals surface area contributed by atoms with Crippen molar-refractivity contribution in [3.63, 3.8) is 0 Å². The minimum absolute atomic E-state index is 0.454. The van der Waals surface area contributed by atoms with E-state index in [-0.39, 0.29) is 0 Å². The molecule has 17 heavy (non-hydrogen) atoms.